The van der Waals surface area contributed by atoms with Gasteiger partial charge in [-0.15, -0.1) is 0 Å². The Labute approximate surface area is 116 Å². The number of carbonyl (C=O) groups is 1. The maximum absolute atomic E-state index is 11.6. The molecule has 0 amide bonds. The van der Waals surface area contributed by atoms with Crippen molar-refractivity contribution in [2.45, 2.75) is 52.7 Å². The van der Waals surface area contributed by atoms with Crippen LogP contribution >= 0.6 is 0 Å². The van der Waals surface area contributed by atoms with Gasteiger partial charge in [0.1, 0.15) is 5.60 Å². The summed E-state index contributed by atoms with van der Waals surface area (Å²) in [6.45, 7) is 10.4. The highest BCUT2D eigenvalue weighted by atomic mass is 16.6. The summed E-state index contributed by atoms with van der Waals surface area (Å²) in [6, 6.07) is 8.66. The second-order valence-electron chi connectivity index (χ2n) is 5.92. The second kappa shape index (κ2) is 6.71. The first-order chi connectivity index (χ1) is 8.78. The van der Waals surface area contributed by atoms with Gasteiger partial charge in [-0.2, -0.15) is 0 Å². The summed E-state index contributed by atoms with van der Waals surface area (Å²) in [5, 5.41) is 3.33. The minimum Gasteiger partial charge on any atom is -0.460 e. The standard InChI is InChI=1S/C16H25NO2/c1-12-6-8-14(9-7-12)13(2)17-11-10-15(18)19-16(3,4)5/h6-9,13,17H,10-11H2,1-5H3. The van der Waals surface area contributed by atoms with Crippen LogP contribution in [0, 0.1) is 6.92 Å². The van der Waals surface area contributed by atoms with Gasteiger partial charge in [-0.05, 0) is 40.2 Å². The Bertz CT molecular complexity index is 404. The van der Waals surface area contributed by atoms with Crippen molar-refractivity contribution in [1.29, 1.82) is 0 Å². The molecule has 0 heterocycles. The van der Waals surface area contributed by atoms with Gasteiger partial charge in [0.15, 0.2) is 0 Å². The van der Waals surface area contributed by atoms with Crippen LogP contribution in [0.2, 0.25) is 0 Å². The Morgan fingerprint density at radius 3 is 2.37 bits per heavy atom. The summed E-state index contributed by atoms with van der Waals surface area (Å²) < 4.78 is 5.26. The Balaban J connectivity index is 2.33. The summed E-state index contributed by atoms with van der Waals surface area (Å²) >= 11 is 0. The number of hydrogen-bond acceptors (Lipinski definition) is 3. The van der Waals surface area contributed by atoms with Crippen LogP contribution in [0.5, 0.6) is 0 Å². The largest absolute Gasteiger partial charge is 0.460 e. The molecular weight excluding hydrogens is 238 g/mol. The third kappa shape index (κ3) is 6.39. The van der Waals surface area contributed by atoms with E-state index in [9.17, 15) is 4.79 Å². The van der Waals surface area contributed by atoms with Crippen LogP contribution in [0.15, 0.2) is 24.3 Å². The van der Waals surface area contributed by atoms with E-state index in [-0.39, 0.29) is 12.0 Å². The number of carbonyl (C=O) groups excluding carboxylic acids is 1. The van der Waals surface area contributed by atoms with E-state index in [1.807, 2.05) is 20.8 Å². The normalized spacial score (nSPS) is 13.1. The smallest absolute Gasteiger partial charge is 0.307 e. The highest BCUT2D eigenvalue weighted by molar-refractivity contribution is 5.70. The lowest BCUT2D eigenvalue weighted by molar-refractivity contribution is -0.154. The van der Waals surface area contributed by atoms with Gasteiger partial charge < -0.3 is 10.1 Å². The minimum absolute atomic E-state index is 0.156. The summed E-state index contributed by atoms with van der Waals surface area (Å²) in [6.07, 6.45) is 0.396. The molecule has 1 atom stereocenters. The van der Waals surface area contributed by atoms with Crippen LogP contribution in [0.4, 0.5) is 0 Å². The average molecular weight is 263 g/mol. The number of benzene rings is 1. The Kier molecular flexibility index (Phi) is 5.55. The first-order valence-corrected chi connectivity index (χ1v) is 6.80. The lowest BCUT2D eigenvalue weighted by Crippen LogP contribution is -2.27. The molecule has 0 saturated heterocycles. The molecule has 0 spiro atoms. The molecule has 0 aliphatic rings. The van der Waals surface area contributed by atoms with E-state index in [4.69, 9.17) is 4.74 Å². The molecule has 0 radical (unpaired) electrons. The average Bonchev–Trinajstić information content (AvgIpc) is 2.27. The number of aryl methyl sites for hydroxylation is 1. The molecule has 1 aromatic carbocycles. The zero-order valence-corrected chi connectivity index (χ0v) is 12.6. The fourth-order valence-electron chi connectivity index (χ4n) is 1.76. The zero-order valence-electron chi connectivity index (χ0n) is 12.6. The number of rotatable bonds is 5. The molecule has 1 aromatic rings. The topological polar surface area (TPSA) is 38.3 Å². The van der Waals surface area contributed by atoms with E-state index in [1.54, 1.807) is 0 Å². The van der Waals surface area contributed by atoms with Crippen molar-refractivity contribution in [3.63, 3.8) is 0 Å². The SMILES string of the molecule is Cc1ccc(C(C)NCCC(=O)OC(C)(C)C)cc1. The van der Waals surface area contributed by atoms with Crippen molar-refractivity contribution >= 4 is 5.97 Å². The lowest BCUT2D eigenvalue weighted by atomic mass is 10.1. The fraction of sp³-hybridized carbons (Fsp3) is 0.562. The van der Waals surface area contributed by atoms with Gasteiger partial charge in [0.05, 0.1) is 6.42 Å². The van der Waals surface area contributed by atoms with Crippen LogP contribution in [0.1, 0.15) is 51.3 Å². The molecule has 19 heavy (non-hydrogen) atoms. The van der Waals surface area contributed by atoms with Crippen LogP contribution in [0.3, 0.4) is 0 Å². The third-order valence-electron chi connectivity index (χ3n) is 2.78. The summed E-state index contributed by atoms with van der Waals surface area (Å²) in [4.78, 5) is 11.6. The highest BCUT2D eigenvalue weighted by Gasteiger charge is 2.16. The first kappa shape index (κ1) is 15.7. The first-order valence-electron chi connectivity index (χ1n) is 6.80. The number of nitrogens with one attached hydrogen (secondary N) is 1. The van der Waals surface area contributed by atoms with Gasteiger partial charge in [-0.1, -0.05) is 29.8 Å². The van der Waals surface area contributed by atoms with Crippen LogP contribution in [-0.2, 0) is 9.53 Å². The van der Waals surface area contributed by atoms with E-state index in [0.717, 1.165) is 0 Å². The van der Waals surface area contributed by atoms with Crippen LogP contribution < -0.4 is 5.32 Å². The van der Waals surface area contributed by atoms with Crippen molar-refractivity contribution in [1.82, 2.24) is 5.32 Å². The van der Waals surface area contributed by atoms with Gasteiger partial charge in [0.2, 0.25) is 0 Å². The van der Waals surface area contributed by atoms with Gasteiger partial charge in [-0.25, -0.2) is 0 Å². The summed E-state index contributed by atoms with van der Waals surface area (Å²) in [5.41, 5.74) is 2.08. The summed E-state index contributed by atoms with van der Waals surface area (Å²) in [7, 11) is 0. The highest BCUT2D eigenvalue weighted by Crippen LogP contribution is 2.13. The van der Waals surface area contributed by atoms with Gasteiger partial charge in [0, 0.05) is 12.6 Å². The van der Waals surface area contributed by atoms with Crippen molar-refractivity contribution in [2.75, 3.05) is 6.54 Å². The molecule has 0 saturated carbocycles. The molecule has 1 unspecified atom stereocenters. The van der Waals surface area contributed by atoms with Crippen molar-refractivity contribution < 1.29 is 9.53 Å². The maximum Gasteiger partial charge on any atom is 0.307 e. The van der Waals surface area contributed by atoms with E-state index < -0.39 is 5.60 Å². The van der Waals surface area contributed by atoms with Gasteiger partial charge in [0.25, 0.3) is 0 Å². The number of hydrogen-bond donors (Lipinski definition) is 1. The molecule has 1 rings (SSSR count). The maximum atomic E-state index is 11.6. The van der Waals surface area contributed by atoms with E-state index in [0.29, 0.717) is 13.0 Å². The molecule has 0 aliphatic heterocycles. The van der Waals surface area contributed by atoms with Gasteiger partial charge in [-0.3, -0.25) is 4.79 Å². The van der Waals surface area contributed by atoms with E-state index in [1.165, 1.54) is 11.1 Å². The minimum atomic E-state index is -0.403. The molecular formula is C16H25NO2. The zero-order chi connectivity index (χ0) is 14.5. The molecule has 3 nitrogen and oxygen atoms in total. The molecule has 0 aliphatic carbocycles. The fourth-order valence-corrected chi connectivity index (χ4v) is 1.76. The molecule has 0 bridgehead atoms. The van der Waals surface area contributed by atoms with Crippen molar-refractivity contribution in [3.05, 3.63) is 35.4 Å². The third-order valence-corrected chi connectivity index (χ3v) is 2.78. The van der Waals surface area contributed by atoms with Crippen molar-refractivity contribution in [3.8, 4) is 0 Å². The van der Waals surface area contributed by atoms with Gasteiger partial charge >= 0.3 is 5.97 Å². The van der Waals surface area contributed by atoms with E-state index in [2.05, 4.69) is 43.4 Å². The Morgan fingerprint density at radius 1 is 1.26 bits per heavy atom. The predicted molar refractivity (Wildman–Crippen MR) is 78.1 cm³/mol. The number of ether oxygens (including phenoxy) is 1. The second-order valence-corrected chi connectivity index (χ2v) is 5.92. The Hall–Kier alpha value is -1.35. The molecule has 0 aromatic heterocycles. The van der Waals surface area contributed by atoms with E-state index >= 15 is 0 Å². The Morgan fingerprint density at radius 2 is 1.84 bits per heavy atom. The van der Waals surface area contributed by atoms with Crippen LogP contribution in [-0.4, -0.2) is 18.1 Å². The van der Waals surface area contributed by atoms with Crippen molar-refractivity contribution in [2.24, 2.45) is 0 Å². The predicted octanol–water partition coefficient (Wildman–Crippen LogP) is 3.38. The van der Waals surface area contributed by atoms with Crippen LogP contribution in [0.25, 0.3) is 0 Å². The quantitative estimate of drug-likeness (QED) is 0.828. The lowest BCUT2D eigenvalue weighted by Gasteiger charge is -2.20. The summed E-state index contributed by atoms with van der Waals surface area (Å²) in [5.74, 6) is -0.156. The number of esters is 1. The molecule has 106 valence electrons. The monoisotopic (exact) mass is 263 g/mol. The molecule has 3 heteroatoms. The molecule has 1 N–H and O–H groups in total. The molecule has 0 fully saturated rings.